The van der Waals surface area contributed by atoms with Gasteiger partial charge in [0.25, 0.3) is 5.91 Å². The van der Waals surface area contributed by atoms with Gasteiger partial charge in [-0.1, -0.05) is 6.07 Å². The molecule has 7 heteroatoms. The van der Waals surface area contributed by atoms with E-state index in [2.05, 4.69) is 25.2 Å². The number of fused-ring (bicyclic) bond motifs is 1. The molecular formula is C19H22N6O. The molecule has 7 nitrogen and oxygen atoms in total. The number of rotatable bonds is 4. The maximum absolute atomic E-state index is 12.7. The Balaban J connectivity index is 1.35. The molecule has 0 aromatic carbocycles. The van der Waals surface area contributed by atoms with E-state index in [1.807, 2.05) is 41.8 Å². The quantitative estimate of drug-likeness (QED) is 0.780. The fraction of sp³-hybridized carbons (Fsp3) is 0.368. The fourth-order valence-corrected chi connectivity index (χ4v) is 3.50. The van der Waals surface area contributed by atoms with Crippen molar-refractivity contribution in [3.63, 3.8) is 0 Å². The summed E-state index contributed by atoms with van der Waals surface area (Å²) in [5, 5.41) is 3.09. The summed E-state index contributed by atoms with van der Waals surface area (Å²) in [4.78, 5) is 27.9. The lowest BCUT2D eigenvalue weighted by molar-refractivity contribution is 0.0938. The minimum Gasteiger partial charge on any atom is -0.350 e. The molecule has 1 fully saturated rings. The highest BCUT2D eigenvalue weighted by Gasteiger charge is 2.22. The van der Waals surface area contributed by atoms with Gasteiger partial charge in [0.05, 0.1) is 5.69 Å². The van der Waals surface area contributed by atoms with E-state index in [9.17, 15) is 4.79 Å². The molecule has 0 unspecified atom stereocenters. The minimum atomic E-state index is -0.0602. The van der Waals surface area contributed by atoms with E-state index in [0.717, 1.165) is 43.2 Å². The molecule has 26 heavy (non-hydrogen) atoms. The Kier molecular flexibility index (Phi) is 4.51. The molecule has 3 aromatic rings. The van der Waals surface area contributed by atoms with Crippen molar-refractivity contribution < 1.29 is 4.79 Å². The number of nitrogens with one attached hydrogen (secondary N) is 1. The topological polar surface area (TPSA) is 75.4 Å². The first-order chi connectivity index (χ1) is 12.7. The number of carbonyl (C=O) groups is 1. The minimum absolute atomic E-state index is 0.0602. The standard InChI is InChI=1S/C19H22N6O/c1-14-17(25-10-3-2-5-16(25)23-14)18(26)22-13-15-6-11-24(12-7-15)19-20-8-4-9-21-19/h2-5,8-10,15H,6-7,11-13H2,1H3,(H,22,26). The SMILES string of the molecule is Cc1nc2ccccn2c1C(=O)NCC1CCN(c2ncccn2)CC1. The highest BCUT2D eigenvalue weighted by molar-refractivity contribution is 5.94. The first-order valence-electron chi connectivity index (χ1n) is 8.96. The lowest BCUT2D eigenvalue weighted by atomic mass is 9.97. The number of carbonyl (C=O) groups excluding carboxylic acids is 1. The molecule has 4 heterocycles. The van der Waals surface area contributed by atoms with Crippen molar-refractivity contribution in [2.75, 3.05) is 24.5 Å². The van der Waals surface area contributed by atoms with Crippen molar-refractivity contribution in [2.45, 2.75) is 19.8 Å². The number of amides is 1. The summed E-state index contributed by atoms with van der Waals surface area (Å²) in [6, 6.07) is 7.57. The lowest BCUT2D eigenvalue weighted by Crippen LogP contribution is -2.39. The van der Waals surface area contributed by atoms with Gasteiger partial charge in [-0.15, -0.1) is 0 Å². The molecule has 134 valence electrons. The molecule has 0 spiro atoms. The van der Waals surface area contributed by atoms with Crippen LogP contribution in [0.2, 0.25) is 0 Å². The zero-order chi connectivity index (χ0) is 17.9. The molecule has 3 aromatic heterocycles. The Bertz CT molecular complexity index is 899. The average molecular weight is 350 g/mol. The van der Waals surface area contributed by atoms with Crippen LogP contribution in [0, 0.1) is 12.8 Å². The van der Waals surface area contributed by atoms with Gasteiger partial charge in [-0.05, 0) is 43.9 Å². The molecule has 1 N–H and O–H groups in total. The van der Waals surface area contributed by atoms with E-state index in [0.29, 0.717) is 18.2 Å². The molecule has 0 saturated carbocycles. The van der Waals surface area contributed by atoms with E-state index in [4.69, 9.17) is 0 Å². The Morgan fingerprint density at radius 3 is 2.73 bits per heavy atom. The third-order valence-electron chi connectivity index (χ3n) is 4.92. The number of pyridine rings is 1. The first kappa shape index (κ1) is 16.5. The number of piperidine rings is 1. The predicted octanol–water partition coefficient (Wildman–Crippen LogP) is 2.08. The van der Waals surface area contributed by atoms with Gasteiger partial charge in [-0.25, -0.2) is 15.0 Å². The fourth-order valence-electron chi connectivity index (χ4n) is 3.50. The monoisotopic (exact) mass is 350 g/mol. The van der Waals surface area contributed by atoms with Crippen LogP contribution in [0.25, 0.3) is 5.65 Å². The summed E-state index contributed by atoms with van der Waals surface area (Å²) >= 11 is 0. The van der Waals surface area contributed by atoms with Crippen LogP contribution in [0.5, 0.6) is 0 Å². The van der Waals surface area contributed by atoms with E-state index in [-0.39, 0.29) is 5.91 Å². The highest BCUT2D eigenvalue weighted by Crippen LogP contribution is 2.20. The molecule has 1 aliphatic heterocycles. The van der Waals surface area contributed by atoms with Gasteiger partial charge in [0.2, 0.25) is 5.95 Å². The third-order valence-corrected chi connectivity index (χ3v) is 4.92. The number of hydrogen-bond donors (Lipinski definition) is 1. The lowest BCUT2D eigenvalue weighted by Gasteiger charge is -2.31. The van der Waals surface area contributed by atoms with Crippen molar-refractivity contribution >= 4 is 17.5 Å². The zero-order valence-electron chi connectivity index (χ0n) is 14.8. The Hall–Kier alpha value is -2.96. The summed E-state index contributed by atoms with van der Waals surface area (Å²) in [5.74, 6) is 1.20. The van der Waals surface area contributed by atoms with Crippen LogP contribution in [0.3, 0.4) is 0 Å². The van der Waals surface area contributed by atoms with E-state index >= 15 is 0 Å². The third kappa shape index (κ3) is 3.24. The number of imidazole rings is 1. The average Bonchev–Trinajstić information content (AvgIpc) is 3.03. The van der Waals surface area contributed by atoms with Crippen LogP contribution in [0.15, 0.2) is 42.9 Å². The summed E-state index contributed by atoms with van der Waals surface area (Å²) < 4.78 is 1.85. The number of nitrogens with zero attached hydrogens (tertiary/aromatic N) is 5. The molecule has 0 atom stereocenters. The largest absolute Gasteiger partial charge is 0.350 e. The van der Waals surface area contributed by atoms with Crippen molar-refractivity contribution in [3.8, 4) is 0 Å². The Morgan fingerprint density at radius 2 is 1.96 bits per heavy atom. The second-order valence-electron chi connectivity index (χ2n) is 6.66. The van der Waals surface area contributed by atoms with Gasteiger partial charge < -0.3 is 10.2 Å². The molecular weight excluding hydrogens is 328 g/mol. The highest BCUT2D eigenvalue weighted by atomic mass is 16.1. The molecule has 1 saturated heterocycles. The van der Waals surface area contributed by atoms with Gasteiger partial charge in [0, 0.05) is 38.2 Å². The normalized spacial score (nSPS) is 15.3. The molecule has 0 aliphatic carbocycles. The van der Waals surface area contributed by atoms with E-state index in [1.54, 1.807) is 12.4 Å². The van der Waals surface area contributed by atoms with Crippen LogP contribution in [0.1, 0.15) is 29.0 Å². The Morgan fingerprint density at radius 1 is 1.19 bits per heavy atom. The predicted molar refractivity (Wildman–Crippen MR) is 99.2 cm³/mol. The number of aryl methyl sites for hydroxylation is 1. The number of aromatic nitrogens is 4. The van der Waals surface area contributed by atoms with Gasteiger partial charge in [-0.2, -0.15) is 0 Å². The Labute approximate surface area is 152 Å². The summed E-state index contributed by atoms with van der Waals surface area (Å²) in [6.45, 7) is 4.39. The molecule has 0 bridgehead atoms. The summed E-state index contributed by atoms with van der Waals surface area (Å²) in [7, 11) is 0. The van der Waals surface area contributed by atoms with Crippen LogP contribution >= 0.6 is 0 Å². The second-order valence-corrected chi connectivity index (χ2v) is 6.66. The van der Waals surface area contributed by atoms with E-state index in [1.165, 1.54) is 0 Å². The number of anilines is 1. The van der Waals surface area contributed by atoms with Gasteiger partial charge >= 0.3 is 0 Å². The van der Waals surface area contributed by atoms with Crippen LogP contribution < -0.4 is 10.2 Å². The van der Waals surface area contributed by atoms with Gasteiger partial charge in [0.1, 0.15) is 11.3 Å². The van der Waals surface area contributed by atoms with Crippen LogP contribution in [-0.2, 0) is 0 Å². The van der Waals surface area contributed by atoms with Crippen molar-refractivity contribution in [1.82, 2.24) is 24.7 Å². The zero-order valence-corrected chi connectivity index (χ0v) is 14.8. The molecule has 1 amide bonds. The summed E-state index contributed by atoms with van der Waals surface area (Å²) in [6.07, 6.45) is 7.46. The molecule has 0 radical (unpaired) electrons. The van der Waals surface area contributed by atoms with Crippen molar-refractivity contribution in [3.05, 3.63) is 54.2 Å². The van der Waals surface area contributed by atoms with Crippen molar-refractivity contribution in [2.24, 2.45) is 5.92 Å². The second kappa shape index (κ2) is 7.11. The van der Waals surface area contributed by atoms with Gasteiger partial charge in [-0.3, -0.25) is 9.20 Å². The maximum atomic E-state index is 12.7. The van der Waals surface area contributed by atoms with Gasteiger partial charge in [0.15, 0.2) is 0 Å². The van der Waals surface area contributed by atoms with Crippen LogP contribution in [0.4, 0.5) is 5.95 Å². The number of hydrogen-bond acceptors (Lipinski definition) is 5. The first-order valence-corrected chi connectivity index (χ1v) is 8.96. The van der Waals surface area contributed by atoms with E-state index < -0.39 is 0 Å². The molecule has 4 rings (SSSR count). The maximum Gasteiger partial charge on any atom is 0.270 e. The summed E-state index contributed by atoms with van der Waals surface area (Å²) in [5.41, 5.74) is 2.17. The van der Waals surface area contributed by atoms with Crippen molar-refractivity contribution in [1.29, 1.82) is 0 Å². The van der Waals surface area contributed by atoms with Crippen LogP contribution in [-0.4, -0.2) is 44.9 Å². The smallest absolute Gasteiger partial charge is 0.270 e. The molecule has 1 aliphatic rings.